The van der Waals surface area contributed by atoms with Gasteiger partial charge in [-0.2, -0.15) is 0 Å². The summed E-state index contributed by atoms with van der Waals surface area (Å²) in [6.07, 6.45) is 0.728. The van der Waals surface area contributed by atoms with E-state index in [1.807, 2.05) is 6.92 Å². The van der Waals surface area contributed by atoms with E-state index < -0.39 is 28.5 Å². The minimum Gasteiger partial charge on any atom is -0.354 e. The molecule has 3 aromatic carbocycles. The van der Waals surface area contributed by atoms with E-state index in [9.17, 15) is 18.0 Å². The average molecular weight is 688 g/mol. The van der Waals surface area contributed by atoms with Crippen molar-refractivity contribution in [3.63, 3.8) is 0 Å². The van der Waals surface area contributed by atoms with Crippen LogP contribution in [-0.4, -0.2) is 44.3 Å². The summed E-state index contributed by atoms with van der Waals surface area (Å²) in [7, 11) is -4.10. The Morgan fingerprint density at radius 2 is 1.66 bits per heavy atom. The summed E-state index contributed by atoms with van der Waals surface area (Å²) in [5.41, 5.74) is 0.904. The van der Waals surface area contributed by atoms with Crippen molar-refractivity contribution in [2.45, 2.75) is 37.8 Å². The number of amides is 2. The molecule has 0 aliphatic rings. The van der Waals surface area contributed by atoms with Gasteiger partial charge in [0, 0.05) is 26.7 Å². The van der Waals surface area contributed by atoms with E-state index in [1.54, 1.807) is 67.6 Å². The van der Waals surface area contributed by atoms with Crippen LogP contribution in [0, 0.1) is 3.57 Å². The highest BCUT2D eigenvalue weighted by molar-refractivity contribution is 14.1. The molecule has 2 amide bonds. The zero-order chi connectivity index (χ0) is 27.9. The molecule has 0 bridgehead atoms. The molecule has 0 aliphatic heterocycles. The third kappa shape index (κ3) is 7.62. The fraction of sp³-hybridized carbons (Fsp3) is 0.259. The van der Waals surface area contributed by atoms with Crippen LogP contribution in [0.1, 0.15) is 25.8 Å². The van der Waals surface area contributed by atoms with Crippen molar-refractivity contribution < 1.29 is 18.0 Å². The zero-order valence-corrected chi connectivity index (χ0v) is 25.4. The maximum atomic E-state index is 13.8. The van der Waals surface area contributed by atoms with Gasteiger partial charge in [-0.25, -0.2) is 8.42 Å². The van der Waals surface area contributed by atoms with Crippen LogP contribution in [0.25, 0.3) is 0 Å². The van der Waals surface area contributed by atoms with Crippen LogP contribution in [0.4, 0.5) is 5.69 Å². The van der Waals surface area contributed by atoms with E-state index in [-0.39, 0.29) is 17.3 Å². The minimum atomic E-state index is -4.10. The number of hydrogen-bond acceptors (Lipinski definition) is 4. The first kappa shape index (κ1) is 30.2. The molecular formula is C27H28Cl2IN3O4S. The molecule has 0 radical (unpaired) electrons. The molecule has 0 aromatic heterocycles. The Bertz CT molecular complexity index is 1370. The van der Waals surface area contributed by atoms with Crippen molar-refractivity contribution in [1.29, 1.82) is 0 Å². The van der Waals surface area contributed by atoms with Gasteiger partial charge in [0.25, 0.3) is 10.0 Å². The van der Waals surface area contributed by atoms with Crippen molar-refractivity contribution in [1.82, 2.24) is 10.2 Å². The first-order valence-electron chi connectivity index (χ1n) is 11.9. The van der Waals surface area contributed by atoms with Gasteiger partial charge in [0.2, 0.25) is 11.8 Å². The van der Waals surface area contributed by atoms with E-state index >= 15 is 0 Å². The summed E-state index contributed by atoms with van der Waals surface area (Å²) in [5, 5.41) is 3.58. The third-order valence-corrected chi connectivity index (χ3v) is 8.89. The molecule has 3 aromatic rings. The monoisotopic (exact) mass is 687 g/mol. The van der Waals surface area contributed by atoms with Crippen LogP contribution < -0.4 is 9.62 Å². The second-order valence-electron chi connectivity index (χ2n) is 8.53. The molecule has 0 fully saturated rings. The molecule has 3 rings (SSSR count). The highest BCUT2D eigenvalue weighted by Crippen LogP contribution is 2.27. The van der Waals surface area contributed by atoms with Crippen molar-refractivity contribution >= 4 is 73.3 Å². The maximum Gasteiger partial charge on any atom is 0.264 e. The van der Waals surface area contributed by atoms with Crippen LogP contribution in [0.3, 0.4) is 0 Å². The molecule has 1 N–H and O–H groups in total. The van der Waals surface area contributed by atoms with Gasteiger partial charge in [0.15, 0.2) is 0 Å². The first-order valence-corrected chi connectivity index (χ1v) is 15.2. The summed E-state index contributed by atoms with van der Waals surface area (Å²) >= 11 is 14.5. The molecule has 202 valence electrons. The molecule has 0 saturated heterocycles. The van der Waals surface area contributed by atoms with Crippen LogP contribution >= 0.6 is 45.8 Å². The second-order valence-corrected chi connectivity index (χ2v) is 12.5. The highest BCUT2D eigenvalue weighted by Gasteiger charge is 2.32. The summed E-state index contributed by atoms with van der Waals surface area (Å²) in [6.45, 7) is 3.45. The molecular weight excluding hydrogens is 660 g/mol. The largest absolute Gasteiger partial charge is 0.354 e. The molecule has 0 saturated carbocycles. The van der Waals surface area contributed by atoms with Gasteiger partial charge in [-0.05, 0) is 90.0 Å². The Labute approximate surface area is 247 Å². The number of hydrogen-bond donors (Lipinski definition) is 1. The summed E-state index contributed by atoms with van der Waals surface area (Å²) in [5.74, 6) is -0.912. The molecule has 0 spiro atoms. The van der Waals surface area contributed by atoms with E-state index in [0.29, 0.717) is 27.8 Å². The first-order chi connectivity index (χ1) is 18.0. The maximum absolute atomic E-state index is 13.8. The Morgan fingerprint density at radius 3 is 2.26 bits per heavy atom. The zero-order valence-electron chi connectivity index (χ0n) is 20.9. The van der Waals surface area contributed by atoms with Crippen LogP contribution in [0.15, 0.2) is 77.7 Å². The number of sulfonamides is 1. The van der Waals surface area contributed by atoms with Crippen LogP contribution in [0.5, 0.6) is 0 Å². The lowest BCUT2D eigenvalue weighted by Crippen LogP contribution is -2.51. The van der Waals surface area contributed by atoms with Gasteiger partial charge in [-0.15, -0.1) is 0 Å². The Kier molecular flexibility index (Phi) is 10.8. The molecule has 0 heterocycles. The Balaban J connectivity index is 2.02. The fourth-order valence-corrected chi connectivity index (χ4v) is 5.93. The Hall–Kier alpha value is -2.34. The standard InChI is InChI=1S/C27H28Cl2IN3O4S/c1-3-15-31-27(35)19(2)32(17-20-9-10-21(28)16-25(20)29)26(34)18-33(23-13-11-22(30)12-14-23)38(36,37)24-7-5-4-6-8-24/h4-14,16,19H,3,15,17-18H2,1-2H3,(H,31,35)/t19-/m0/s1. The van der Waals surface area contributed by atoms with Crippen LogP contribution in [0.2, 0.25) is 10.0 Å². The van der Waals surface area contributed by atoms with Gasteiger partial charge < -0.3 is 10.2 Å². The van der Waals surface area contributed by atoms with Gasteiger partial charge >= 0.3 is 0 Å². The smallest absolute Gasteiger partial charge is 0.264 e. The number of halogens is 3. The number of carbonyl (C=O) groups is 2. The normalized spacial score (nSPS) is 12.0. The Morgan fingerprint density at radius 1 is 1.00 bits per heavy atom. The number of rotatable bonds is 11. The van der Waals surface area contributed by atoms with E-state index in [4.69, 9.17) is 23.2 Å². The quantitative estimate of drug-likeness (QED) is 0.261. The predicted molar refractivity (Wildman–Crippen MR) is 160 cm³/mol. The molecule has 11 heteroatoms. The average Bonchev–Trinajstić information content (AvgIpc) is 2.90. The summed E-state index contributed by atoms with van der Waals surface area (Å²) in [4.78, 5) is 28.1. The van der Waals surface area contributed by atoms with Crippen LogP contribution in [-0.2, 0) is 26.2 Å². The number of anilines is 1. The van der Waals surface area contributed by atoms with Gasteiger partial charge in [-0.1, -0.05) is 54.4 Å². The lowest BCUT2D eigenvalue weighted by molar-refractivity contribution is -0.139. The molecule has 38 heavy (non-hydrogen) atoms. The van der Waals surface area contributed by atoms with E-state index in [1.165, 1.54) is 17.0 Å². The SMILES string of the molecule is CCCNC(=O)[C@H](C)N(Cc1ccc(Cl)cc1Cl)C(=O)CN(c1ccc(I)cc1)S(=O)(=O)c1ccccc1. The van der Waals surface area contributed by atoms with Crippen molar-refractivity contribution in [2.24, 2.45) is 0 Å². The summed E-state index contributed by atoms with van der Waals surface area (Å²) in [6, 6.07) is 18.7. The number of nitrogens with zero attached hydrogens (tertiary/aromatic N) is 2. The topological polar surface area (TPSA) is 86.8 Å². The van der Waals surface area contributed by atoms with E-state index in [2.05, 4.69) is 27.9 Å². The summed E-state index contributed by atoms with van der Waals surface area (Å²) < 4.78 is 29.4. The number of benzene rings is 3. The predicted octanol–water partition coefficient (Wildman–Crippen LogP) is 5.74. The van der Waals surface area contributed by atoms with Gasteiger partial charge in [-0.3, -0.25) is 13.9 Å². The lowest BCUT2D eigenvalue weighted by Gasteiger charge is -2.32. The van der Waals surface area contributed by atoms with Crippen molar-refractivity contribution in [3.8, 4) is 0 Å². The highest BCUT2D eigenvalue weighted by atomic mass is 127. The van der Waals surface area contributed by atoms with Crippen molar-refractivity contribution in [2.75, 3.05) is 17.4 Å². The third-order valence-electron chi connectivity index (χ3n) is 5.80. The van der Waals surface area contributed by atoms with E-state index in [0.717, 1.165) is 14.3 Å². The molecule has 1 atom stereocenters. The lowest BCUT2D eigenvalue weighted by atomic mass is 10.1. The molecule has 0 aliphatic carbocycles. The fourth-order valence-electron chi connectivity index (χ4n) is 3.67. The van der Waals surface area contributed by atoms with Crippen molar-refractivity contribution in [3.05, 3.63) is 92.0 Å². The molecule has 7 nitrogen and oxygen atoms in total. The van der Waals surface area contributed by atoms with Gasteiger partial charge in [0.1, 0.15) is 12.6 Å². The minimum absolute atomic E-state index is 0.0124. The number of carbonyl (C=O) groups excluding carboxylic acids is 2. The molecule has 0 unspecified atom stereocenters. The van der Waals surface area contributed by atoms with Gasteiger partial charge in [0.05, 0.1) is 10.6 Å². The number of nitrogens with one attached hydrogen (secondary N) is 1. The second kappa shape index (κ2) is 13.6.